The molecule has 1 N–H and O–H groups in total. The average Bonchev–Trinajstić information content (AvgIpc) is 3.67. The maximum Gasteiger partial charge on any atom is 0.229 e. The van der Waals surface area contributed by atoms with Gasteiger partial charge in [0.25, 0.3) is 0 Å². The maximum atomic E-state index is 13.3. The van der Waals surface area contributed by atoms with E-state index in [0.29, 0.717) is 38.7 Å². The summed E-state index contributed by atoms with van der Waals surface area (Å²) in [7, 11) is 0. The Morgan fingerprint density at radius 1 is 0.975 bits per heavy atom. The zero-order valence-corrected chi connectivity index (χ0v) is 22.6. The first-order chi connectivity index (χ1) is 19.5. The number of piperidine rings is 2. The number of fused-ring (bicyclic) bond motifs is 4. The van der Waals surface area contributed by atoms with E-state index in [0.717, 1.165) is 60.7 Å². The molecule has 4 aliphatic rings. The van der Waals surface area contributed by atoms with E-state index in [1.54, 1.807) is 0 Å². The number of hydrogen-bond donors (Lipinski definition) is 1. The van der Waals surface area contributed by atoms with Crippen LogP contribution in [-0.4, -0.2) is 52.0 Å². The third-order valence-electron chi connectivity index (χ3n) is 9.49. The highest BCUT2D eigenvalue weighted by Gasteiger charge is 2.46. The zero-order chi connectivity index (χ0) is 27.3. The molecule has 8 nitrogen and oxygen atoms in total. The Morgan fingerprint density at radius 3 is 2.58 bits per heavy atom. The van der Waals surface area contributed by atoms with Gasteiger partial charge in [0.15, 0.2) is 5.78 Å². The van der Waals surface area contributed by atoms with Crippen molar-refractivity contribution in [2.24, 2.45) is 11.8 Å². The highest BCUT2D eigenvalue weighted by atomic mass is 16.5. The monoisotopic (exact) mass is 538 g/mol. The van der Waals surface area contributed by atoms with E-state index < -0.39 is 0 Å². The number of carbonyl (C=O) groups is 3. The summed E-state index contributed by atoms with van der Waals surface area (Å²) in [6.45, 7) is 3.46. The second kappa shape index (κ2) is 10.0. The van der Waals surface area contributed by atoms with Crippen molar-refractivity contribution in [1.29, 1.82) is 0 Å². The molecule has 8 heteroatoms. The number of carbonyl (C=O) groups excluding carboxylic acids is 3. The third-order valence-corrected chi connectivity index (χ3v) is 9.49. The van der Waals surface area contributed by atoms with E-state index in [-0.39, 0.29) is 34.8 Å². The number of nitrogens with zero attached hydrogens (tertiary/aromatic N) is 3. The van der Waals surface area contributed by atoms with Gasteiger partial charge in [0, 0.05) is 53.1 Å². The van der Waals surface area contributed by atoms with Crippen LogP contribution in [0.1, 0.15) is 65.7 Å². The number of imide groups is 1. The van der Waals surface area contributed by atoms with Crippen molar-refractivity contribution in [3.8, 4) is 11.4 Å². The summed E-state index contributed by atoms with van der Waals surface area (Å²) in [6, 6.07) is 16.4. The molecule has 3 aliphatic heterocycles. The molecular weight excluding hydrogens is 504 g/mol. The Morgan fingerprint density at radius 2 is 1.77 bits per heavy atom. The van der Waals surface area contributed by atoms with Gasteiger partial charge in [0.2, 0.25) is 11.8 Å². The molecule has 40 heavy (non-hydrogen) atoms. The Kier molecular flexibility index (Phi) is 6.30. The summed E-state index contributed by atoms with van der Waals surface area (Å²) in [6.07, 6.45) is 6.99. The van der Waals surface area contributed by atoms with E-state index in [9.17, 15) is 14.4 Å². The van der Waals surface area contributed by atoms with Gasteiger partial charge < -0.3 is 4.74 Å². The van der Waals surface area contributed by atoms with Gasteiger partial charge in [0.1, 0.15) is 5.75 Å². The SMILES string of the molecule is O=C1CCC(CCC2Cc3c(ccc4c3OCC43CCN(Cc4ccn(-c5ccccc5)n4)CC3)C2=O)C(=O)N1. The first kappa shape index (κ1) is 25.2. The highest BCUT2D eigenvalue weighted by Crippen LogP contribution is 2.50. The summed E-state index contributed by atoms with van der Waals surface area (Å²) >= 11 is 0. The van der Waals surface area contributed by atoms with E-state index >= 15 is 0 Å². The number of ketones is 1. The van der Waals surface area contributed by atoms with Gasteiger partial charge in [-0.2, -0.15) is 5.10 Å². The molecule has 2 unspecified atom stereocenters. The Labute approximate surface area is 233 Å². The number of nitrogens with one attached hydrogen (secondary N) is 1. The van der Waals surface area contributed by atoms with Gasteiger partial charge in [-0.15, -0.1) is 0 Å². The second-order valence-corrected chi connectivity index (χ2v) is 11.9. The molecule has 7 rings (SSSR count). The van der Waals surface area contributed by atoms with Crippen molar-refractivity contribution in [3.05, 3.63) is 77.1 Å². The summed E-state index contributed by atoms with van der Waals surface area (Å²) in [5.74, 6) is 0.406. The van der Waals surface area contributed by atoms with Crippen LogP contribution in [0.15, 0.2) is 54.7 Å². The molecule has 206 valence electrons. The fourth-order valence-corrected chi connectivity index (χ4v) is 7.09. The average molecular weight is 539 g/mol. The number of amides is 2. The Balaban J connectivity index is 0.995. The van der Waals surface area contributed by atoms with Crippen LogP contribution in [0.25, 0.3) is 5.69 Å². The summed E-state index contributed by atoms with van der Waals surface area (Å²) in [4.78, 5) is 39.4. The topological polar surface area (TPSA) is 93.5 Å². The predicted octanol–water partition coefficient (Wildman–Crippen LogP) is 3.99. The van der Waals surface area contributed by atoms with Gasteiger partial charge in [0.05, 0.1) is 18.0 Å². The minimum absolute atomic E-state index is 0.00187. The standard InChI is InChI=1S/C32H34N4O4/c37-28-11-8-21(31(39)33-28)6-7-22-18-26-25(29(22)38)9-10-27-30(26)40-20-32(27)13-16-35(17-14-32)19-23-12-15-36(34-23)24-4-2-1-3-5-24/h1-5,9-10,12,15,21-22H,6-8,11,13-14,16-20H2,(H,33,37,39). The van der Waals surface area contributed by atoms with Gasteiger partial charge in [-0.3, -0.25) is 24.6 Å². The zero-order valence-electron chi connectivity index (χ0n) is 22.6. The molecule has 2 atom stereocenters. The minimum Gasteiger partial charge on any atom is -0.492 e. The van der Waals surface area contributed by atoms with Crippen LogP contribution in [0.2, 0.25) is 0 Å². The molecule has 2 aromatic carbocycles. The van der Waals surface area contributed by atoms with Crippen molar-refractivity contribution in [1.82, 2.24) is 20.0 Å². The molecule has 0 bridgehead atoms. The summed E-state index contributed by atoms with van der Waals surface area (Å²) in [5.41, 5.74) is 5.24. The Hall–Kier alpha value is -3.78. The first-order valence-electron chi connectivity index (χ1n) is 14.5. The van der Waals surface area contributed by atoms with Crippen molar-refractivity contribution >= 4 is 17.6 Å². The lowest BCUT2D eigenvalue weighted by molar-refractivity contribution is -0.136. The van der Waals surface area contributed by atoms with Gasteiger partial charge >= 0.3 is 0 Å². The molecule has 0 radical (unpaired) electrons. The van der Waals surface area contributed by atoms with E-state index in [1.165, 1.54) is 5.56 Å². The number of ether oxygens (including phenoxy) is 1. The molecule has 1 aromatic heterocycles. The van der Waals surface area contributed by atoms with Crippen LogP contribution in [0.3, 0.4) is 0 Å². The molecule has 2 amide bonds. The quantitative estimate of drug-likeness (QED) is 0.477. The van der Waals surface area contributed by atoms with Crippen LogP contribution in [-0.2, 0) is 28.0 Å². The second-order valence-electron chi connectivity index (χ2n) is 11.9. The molecule has 2 saturated heterocycles. The van der Waals surface area contributed by atoms with Gasteiger partial charge in [-0.05, 0) is 69.8 Å². The van der Waals surface area contributed by atoms with Gasteiger partial charge in [-0.25, -0.2) is 4.68 Å². The van der Waals surface area contributed by atoms with E-state index in [4.69, 9.17) is 9.84 Å². The van der Waals surface area contributed by atoms with Crippen molar-refractivity contribution in [2.45, 2.75) is 56.9 Å². The van der Waals surface area contributed by atoms with E-state index in [1.807, 2.05) is 35.1 Å². The number of rotatable bonds is 6. The number of aromatic nitrogens is 2. The van der Waals surface area contributed by atoms with Gasteiger partial charge in [-0.1, -0.05) is 30.3 Å². The van der Waals surface area contributed by atoms with Crippen LogP contribution in [0.4, 0.5) is 0 Å². The maximum absolute atomic E-state index is 13.3. The Bertz CT molecular complexity index is 1470. The van der Waals surface area contributed by atoms with Crippen LogP contribution >= 0.6 is 0 Å². The first-order valence-corrected chi connectivity index (χ1v) is 14.5. The number of likely N-dealkylation sites (tertiary alicyclic amines) is 1. The molecule has 4 heterocycles. The highest BCUT2D eigenvalue weighted by molar-refractivity contribution is 6.03. The smallest absolute Gasteiger partial charge is 0.229 e. The van der Waals surface area contributed by atoms with Crippen molar-refractivity contribution < 1.29 is 19.1 Å². The lowest BCUT2D eigenvalue weighted by Crippen LogP contribution is -2.43. The lowest BCUT2D eigenvalue weighted by Gasteiger charge is -2.38. The largest absolute Gasteiger partial charge is 0.492 e. The normalized spacial score (nSPS) is 23.6. The van der Waals surface area contributed by atoms with Crippen LogP contribution in [0, 0.1) is 11.8 Å². The predicted molar refractivity (Wildman–Crippen MR) is 148 cm³/mol. The molecule has 0 saturated carbocycles. The number of benzene rings is 2. The number of para-hydroxylation sites is 1. The minimum atomic E-state index is -0.197. The summed E-state index contributed by atoms with van der Waals surface area (Å²) < 4.78 is 8.30. The fraction of sp³-hybridized carbons (Fsp3) is 0.438. The van der Waals surface area contributed by atoms with Crippen molar-refractivity contribution in [3.63, 3.8) is 0 Å². The molecule has 1 spiro atoms. The number of Topliss-reactive ketones (excluding diaryl/α,β-unsaturated/α-hetero) is 1. The molecular formula is C32H34N4O4. The van der Waals surface area contributed by atoms with E-state index in [2.05, 4.69) is 34.5 Å². The lowest BCUT2D eigenvalue weighted by atomic mass is 9.74. The molecule has 3 aromatic rings. The number of hydrogen-bond acceptors (Lipinski definition) is 6. The third kappa shape index (κ3) is 4.44. The summed E-state index contributed by atoms with van der Waals surface area (Å²) in [5, 5.41) is 7.22. The van der Waals surface area contributed by atoms with Crippen LogP contribution in [0.5, 0.6) is 5.75 Å². The van der Waals surface area contributed by atoms with Crippen LogP contribution < -0.4 is 10.1 Å². The fourth-order valence-electron chi connectivity index (χ4n) is 7.09. The van der Waals surface area contributed by atoms with Crippen molar-refractivity contribution in [2.75, 3.05) is 19.7 Å². The molecule has 1 aliphatic carbocycles. The molecule has 2 fully saturated rings.